The molecule has 0 radical (unpaired) electrons. The summed E-state index contributed by atoms with van der Waals surface area (Å²) < 4.78 is 0. The van der Waals surface area contributed by atoms with Gasteiger partial charge in [0.1, 0.15) is 0 Å². The Kier molecular flexibility index (Phi) is 10.6. The van der Waals surface area contributed by atoms with E-state index in [2.05, 4.69) is 290 Å². The summed E-state index contributed by atoms with van der Waals surface area (Å²) in [5.74, 6) is 0. The molecule has 1 nitrogen and oxygen atoms in total. The van der Waals surface area contributed by atoms with Crippen molar-refractivity contribution in [3.8, 4) is 66.8 Å². The van der Waals surface area contributed by atoms with Crippen molar-refractivity contribution in [2.45, 2.75) is 0 Å². The minimum atomic E-state index is 1.07. The third-order valence-corrected chi connectivity index (χ3v) is 14.2. The summed E-state index contributed by atoms with van der Waals surface area (Å²) in [6.45, 7) is 0. The van der Waals surface area contributed by atoms with Gasteiger partial charge < -0.3 is 4.90 Å². The third-order valence-electron chi connectivity index (χ3n) is 14.2. The van der Waals surface area contributed by atoms with Crippen LogP contribution in [-0.4, -0.2) is 0 Å². The monoisotopic (exact) mass is 901 g/mol. The Labute approximate surface area is 414 Å². The lowest BCUT2D eigenvalue weighted by atomic mass is 9.89. The second-order valence-electron chi connectivity index (χ2n) is 18.4. The van der Waals surface area contributed by atoms with E-state index >= 15 is 0 Å². The van der Waals surface area contributed by atoms with E-state index in [4.69, 9.17) is 0 Å². The molecule has 0 saturated carbocycles. The molecule has 332 valence electrons. The van der Waals surface area contributed by atoms with Crippen LogP contribution < -0.4 is 4.90 Å². The molecule has 0 fully saturated rings. The summed E-state index contributed by atoms with van der Waals surface area (Å²) >= 11 is 0. The molecule has 0 aliphatic heterocycles. The number of benzene rings is 13. The molecule has 0 heterocycles. The second-order valence-corrected chi connectivity index (χ2v) is 18.4. The van der Waals surface area contributed by atoms with E-state index in [9.17, 15) is 0 Å². The van der Waals surface area contributed by atoms with Gasteiger partial charge >= 0.3 is 0 Å². The molecule has 13 rings (SSSR count). The van der Waals surface area contributed by atoms with Gasteiger partial charge in [0.25, 0.3) is 0 Å². The molecule has 0 amide bonds. The Morgan fingerprint density at radius 3 is 0.930 bits per heavy atom. The van der Waals surface area contributed by atoms with Crippen LogP contribution in [0.4, 0.5) is 17.1 Å². The minimum absolute atomic E-state index is 1.07. The summed E-state index contributed by atoms with van der Waals surface area (Å²) in [6, 6.07) is 104. The van der Waals surface area contributed by atoms with Crippen molar-refractivity contribution in [2.24, 2.45) is 0 Å². The van der Waals surface area contributed by atoms with E-state index in [1.54, 1.807) is 0 Å². The molecule has 0 spiro atoms. The minimum Gasteiger partial charge on any atom is -0.310 e. The van der Waals surface area contributed by atoms with Crippen molar-refractivity contribution >= 4 is 60.2 Å². The Bertz CT molecular complexity index is 3810. The predicted octanol–water partition coefficient (Wildman–Crippen LogP) is 19.8. The molecule has 13 aromatic rings. The highest BCUT2D eigenvalue weighted by Gasteiger charge is 2.19. The lowest BCUT2D eigenvalue weighted by Gasteiger charge is -2.27. The molecule has 0 aromatic heterocycles. The van der Waals surface area contributed by atoms with Gasteiger partial charge in [0, 0.05) is 17.1 Å². The molecule has 0 atom stereocenters. The van der Waals surface area contributed by atoms with Gasteiger partial charge in [0.05, 0.1) is 0 Å². The molecule has 0 aliphatic carbocycles. The average molecular weight is 902 g/mol. The van der Waals surface area contributed by atoms with Crippen LogP contribution in [0.25, 0.3) is 110 Å². The normalized spacial score (nSPS) is 11.4. The van der Waals surface area contributed by atoms with Crippen molar-refractivity contribution in [1.82, 2.24) is 0 Å². The van der Waals surface area contributed by atoms with E-state index in [0.29, 0.717) is 0 Å². The number of fused-ring (bicyclic) bond motifs is 6. The van der Waals surface area contributed by atoms with Crippen molar-refractivity contribution < 1.29 is 0 Å². The molecule has 0 aliphatic rings. The Morgan fingerprint density at radius 2 is 0.507 bits per heavy atom. The number of anilines is 3. The van der Waals surface area contributed by atoms with E-state index in [0.717, 1.165) is 39.3 Å². The second kappa shape index (κ2) is 18.0. The van der Waals surface area contributed by atoms with E-state index in [1.165, 1.54) is 87.6 Å². The molecule has 0 N–H and O–H groups in total. The summed E-state index contributed by atoms with van der Waals surface area (Å²) in [6.07, 6.45) is 0. The molecule has 0 bridgehead atoms. The van der Waals surface area contributed by atoms with Crippen LogP contribution in [0.2, 0.25) is 0 Å². The lowest BCUT2D eigenvalue weighted by molar-refractivity contribution is 1.28. The fourth-order valence-corrected chi connectivity index (χ4v) is 10.9. The highest BCUT2D eigenvalue weighted by Crippen LogP contribution is 2.45. The molecular formula is C70H47N. The number of rotatable bonds is 9. The summed E-state index contributed by atoms with van der Waals surface area (Å²) in [5.41, 5.74) is 17.5. The smallest absolute Gasteiger partial charge is 0.0473 e. The van der Waals surface area contributed by atoms with Crippen LogP contribution in [0.1, 0.15) is 0 Å². The van der Waals surface area contributed by atoms with Crippen molar-refractivity contribution in [3.05, 3.63) is 285 Å². The van der Waals surface area contributed by atoms with Crippen LogP contribution in [-0.2, 0) is 0 Å². The average Bonchev–Trinajstić information content (AvgIpc) is 3.45. The van der Waals surface area contributed by atoms with Crippen LogP contribution in [0.3, 0.4) is 0 Å². The first-order valence-corrected chi connectivity index (χ1v) is 24.5. The fraction of sp³-hybridized carbons (Fsp3) is 0. The molecule has 13 aromatic carbocycles. The Hall–Kier alpha value is -9.30. The maximum Gasteiger partial charge on any atom is 0.0473 e. The number of hydrogen-bond donors (Lipinski definition) is 0. The summed E-state index contributed by atoms with van der Waals surface area (Å²) in [5, 5.41) is 10.1. The topological polar surface area (TPSA) is 3.24 Å². The number of hydrogen-bond acceptors (Lipinski definition) is 1. The Balaban J connectivity index is 0.953. The zero-order valence-electron chi connectivity index (χ0n) is 39.1. The first-order valence-electron chi connectivity index (χ1n) is 24.5. The summed E-state index contributed by atoms with van der Waals surface area (Å²) in [7, 11) is 0. The summed E-state index contributed by atoms with van der Waals surface area (Å²) in [4.78, 5) is 2.41. The molecule has 1 heteroatoms. The first kappa shape index (κ1) is 41.9. The van der Waals surface area contributed by atoms with Gasteiger partial charge in [-0.15, -0.1) is 0 Å². The van der Waals surface area contributed by atoms with E-state index in [1.807, 2.05) is 0 Å². The first-order chi connectivity index (χ1) is 35.2. The standard InChI is InChI=1S/C70H47N/c1-3-19-48(20-4-1)54-43-55(49-21-5-2-6-22-49)45-58(44-54)71(56-39-35-50(36-40-56)59-25-11-13-31-65(59)69-46-52-23-7-9-27-61(52)63-29-15-17-33-67(63)69)57-41-37-51(38-42-57)60-26-12-14-32-66(60)70-47-53-24-8-10-28-62(53)64-30-16-18-34-68(64)70/h1-47H. The predicted molar refractivity (Wildman–Crippen MR) is 304 cm³/mol. The maximum absolute atomic E-state index is 2.41. The zero-order chi connectivity index (χ0) is 47.1. The fourth-order valence-electron chi connectivity index (χ4n) is 10.9. The van der Waals surface area contributed by atoms with Gasteiger partial charge in [-0.2, -0.15) is 0 Å². The highest BCUT2D eigenvalue weighted by molar-refractivity contribution is 6.16. The van der Waals surface area contributed by atoms with Gasteiger partial charge in [-0.1, -0.05) is 231 Å². The quantitative estimate of drug-likeness (QED) is 0.131. The van der Waals surface area contributed by atoms with Crippen molar-refractivity contribution in [2.75, 3.05) is 4.90 Å². The van der Waals surface area contributed by atoms with Crippen LogP contribution >= 0.6 is 0 Å². The van der Waals surface area contributed by atoms with Gasteiger partial charge in [-0.25, -0.2) is 0 Å². The van der Waals surface area contributed by atoms with Crippen molar-refractivity contribution in [3.63, 3.8) is 0 Å². The van der Waals surface area contributed by atoms with Gasteiger partial charge in [-0.05, 0) is 164 Å². The van der Waals surface area contributed by atoms with Crippen LogP contribution in [0.5, 0.6) is 0 Å². The van der Waals surface area contributed by atoms with Gasteiger partial charge in [-0.3, -0.25) is 0 Å². The maximum atomic E-state index is 2.41. The lowest BCUT2D eigenvalue weighted by Crippen LogP contribution is -2.10. The largest absolute Gasteiger partial charge is 0.310 e. The van der Waals surface area contributed by atoms with Gasteiger partial charge in [0.15, 0.2) is 0 Å². The number of nitrogens with zero attached hydrogens (tertiary/aromatic N) is 1. The molecule has 71 heavy (non-hydrogen) atoms. The SMILES string of the molecule is c1ccc(-c2cc(-c3ccccc3)cc(N(c3ccc(-c4ccccc4-c4cc5ccccc5c5ccccc45)cc3)c3ccc(-c4ccccc4-c4cc5ccccc5c5ccccc45)cc3)c2)cc1. The molecular weight excluding hydrogens is 855 g/mol. The van der Waals surface area contributed by atoms with E-state index in [-0.39, 0.29) is 0 Å². The molecule has 0 saturated heterocycles. The molecule has 0 unspecified atom stereocenters. The van der Waals surface area contributed by atoms with Crippen molar-refractivity contribution in [1.29, 1.82) is 0 Å². The van der Waals surface area contributed by atoms with Gasteiger partial charge in [0.2, 0.25) is 0 Å². The van der Waals surface area contributed by atoms with Crippen LogP contribution in [0, 0.1) is 0 Å². The van der Waals surface area contributed by atoms with E-state index < -0.39 is 0 Å². The highest BCUT2D eigenvalue weighted by atomic mass is 15.1. The Morgan fingerprint density at radius 1 is 0.169 bits per heavy atom. The zero-order valence-corrected chi connectivity index (χ0v) is 39.1. The third kappa shape index (κ3) is 7.71. The van der Waals surface area contributed by atoms with Crippen LogP contribution in [0.15, 0.2) is 285 Å².